The number of hydrogen-bond acceptors (Lipinski definition) is 4. The van der Waals surface area contributed by atoms with E-state index < -0.39 is 0 Å². The van der Waals surface area contributed by atoms with E-state index >= 15 is 0 Å². The first kappa shape index (κ1) is 14.6. The second-order valence-corrected chi connectivity index (χ2v) is 5.42. The Hall–Kier alpha value is -1.81. The molecule has 2 aromatic rings. The lowest BCUT2D eigenvalue weighted by Crippen LogP contribution is -2.03. The molecule has 0 fully saturated rings. The molecule has 2 rings (SSSR count). The Kier molecular flexibility index (Phi) is 4.79. The molecular weight excluding hydrogens is 272 g/mol. The van der Waals surface area contributed by atoms with Crippen LogP contribution in [0.25, 0.3) is 0 Å². The smallest absolute Gasteiger partial charge is 0.194 e. The van der Waals surface area contributed by atoms with E-state index in [1.165, 1.54) is 0 Å². The van der Waals surface area contributed by atoms with Crippen molar-refractivity contribution in [1.82, 2.24) is 0 Å². The van der Waals surface area contributed by atoms with Gasteiger partial charge in [0, 0.05) is 21.4 Å². The Morgan fingerprint density at radius 1 is 1.05 bits per heavy atom. The van der Waals surface area contributed by atoms with Crippen LogP contribution in [-0.4, -0.2) is 19.0 Å². The number of hydrogen-bond donors (Lipinski definition) is 0. The highest BCUT2D eigenvalue weighted by molar-refractivity contribution is 7.10. The molecule has 1 heterocycles. The number of benzene rings is 1. The third kappa shape index (κ3) is 3.20. The summed E-state index contributed by atoms with van der Waals surface area (Å²) in [5, 5.41) is 1.88. The van der Waals surface area contributed by atoms with Crippen LogP contribution in [0.5, 0.6) is 11.5 Å². The Labute approximate surface area is 123 Å². The topological polar surface area (TPSA) is 35.5 Å². The molecule has 0 aliphatic heterocycles. The van der Waals surface area contributed by atoms with Gasteiger partial charge >= 0.3 is 0 Å². The Bertz CT molecular complexity index is 602. The number of carbonyl (C=O) groups is 1. The van der Waals surface area contributed by atoms with Crippen LogP contribution in [0.3, 0.4) is 0 Å². The van der Waals surface area contributed by atoms with Gasteiger partial charge < -0.3 is 9.47 Å². The summed E-state index contributed by atoms with van der Waals surface area (Å²) in [5.74, 6) is 1.30. The fraction of sp³-hybridized carbons (Fsp3) is 0.312. The molecule has 0 aliphatic rings. The van der Waals surface area contributed by atoms with Gasteiger partial charge in [-0.2, -0.15) is 0 Å². The van der Waals surface area contributed by atoms with Crippen molar-refractivity contribution in [2.45, 2.75) is 20.8 Å². The first-order valence-electron chi connectivity index (χ1n) is 6.65. The van der Waals surface area contributed by atoms with E-state index in [1.54, 1.807) is 29.5 Å². The summed E-state index contributed by atoms with van der Waals surface area (Å²) in [7, 11) is 0. The number of ketones is 1. The van der Waals surface area contributed by atoms with Gasteiger partial charge in [-0.1, -0.05) is 0 Å². The Morgan fingerprint density at radius 3 is 2.35 bits per heavy atom. The Morgan fingerprint density at radius 2 is 1.75 bits per heavy atom. The molecule has 0 unspecified atom stereocenters. The molecule has 0 saturated heterocycles. The molecule has 106 valence electrons. The summed E-state index contributed by atoms with van der Waals surface area (Å²) in [4.78, 5) is 13.5. The Balaban J connectivity index is 2.32. The molecule has 0 amide bonds. The monoisotopic (exact) mass is 290 g/mol. The molecule has 3 nitrogen and oxygen atoms in total. The number of ether oxygens (including phenoxy) is 2. The van der Waals surface area contributed by atoms with Crippen molar-refractivity contribution in [3.8, 4) is 11.5 Å². The van der Waals surface area contributed by atoms with Gasteiger partial charge in [0.1, 0.15) is 0 Å². The SMILES string of the molecule is CCOc1ccc(C(=O)c2csc(C)c2)cc1OCC. The van der Waals surface area contributed by atoms with Crippen molar-refractivity contribution in [3.63, 3.8) is 0 Å². The van der Waals surface area contributed by atoms with Crippen molar-refractivity contribution in [3.05, 3.63) is 45.6 Å². The average Bonchev–Trinajstić information content (AvgIpc) is 2.87. The molecular formula is C16H18O3S. The van der Waals surface area contributed by atoms with Crippen molar-refractivity contribution in [1.29, 1.82) is 0 Å². The van der Waals surface area contributed by atoms with Crippen LogP contribution in [0.1, 0.15) is 34.6 Å². The standard InChI is InChI=1S/C16H18O3S/c1-4-18-14-7-6-12(9-15(14)19-5-2)16(17)13-8-11(3)20-10-13/h6-10H,4-5H2,1-3H3. The highest BCUT2D eigenvalue weighted by atomic mass is 32.1. The molecule has 1 aromatic carbocycles. The molecule has 0 atom stereocenters. The molecule has 20 heavy (non-hydrogen) atoms. The van der Waals surface area contributed by atoms with E-state index in [0.717, 1.165) is 10.4 Å². The maximum Gasteiger partial charge on any atom is 0.194 e. The normalized spacial score (nSPS) is 10.3. The van der Waals surface area contributed by atoms with Gasteiger partial charge in [0.2, 0.25) is 0 Å². The van der Waals surface area contributed by atoms with E-state index in [9.17, 15) is 4.79 Å². The highest BCUT2D eigenvalue weighted by Gasteiger charge is 2.14. The predicted octanol–water partition coefficient (Wildman–Crippen LogP) is 4.08. The zero-order valence-corrected chi connectivity index (χ0v) is 12.8. The molecule has 0 saturated carbocycles. The van der Waals surface area contributed by atoms with Gasteiger partial charge in [-0.3, -0.25) is 4.79 Å². The van der Waals surface area contributed by atoms with Crippen molar-refractivity contribution < 1.29 is 14.3 Å². The van der Waals surface area contributed by atoms with E-state index in [0.29, 0.717) is 30.3 Å². The molecule has 4 heteroatoms. The first-order chi connectivity index (χ1) is 9.65. The van der Waals surface area contributed by atoms with E-state index in [4.69, 9.17) is 9.47 Å². The molecule has 0 radical (unpaired) electrons. The van der Waals surface area contributed by atoms with Gasteiger partial charge in [-0.25, -0.2) is 0 Å². The lowest BCUT2D eigenvalue weighted by molar-refractivity contribution is 0.103. The quantitative estimate of drug-likeness (QED) is 0.752. The first-order valence-corrected chi connectivity index (χ1v) is 7.53. The average molecular weight is 290 g/mol. The van der Waals surface area contributed by atoms with Gasteiger partial charge in [0.05, 0.1) is 13.2 Å². The van der Waals surface area contributed by atoms with Crippen molar-refractivity contribution in [2.75, 3.05) is 13.2 Å². The lowest BCUT2D eigenvalue weighted by atomic mass is 10.1. The van der Waals surface area contributed by atoms with E-state index in [1.807, 2.05) is 32.2 Å². The van der Waals surface area contributed by atoms with E-state index in [2.05, 4.69) is 0 Å². The third-order valence-corrected chi connectivity index (χ3v) is 3.66. The summed E-state index contributed by atoms with van der Waals surface area (Å²) < 4.78 is 11.0. The van der Waals surface area contributed by atoms with Crippen molar-refractivity contribution >= 4 is 17.1 Å². The highest BCUT2D eigenvalue weighted by Crippen LogP contribution is 2.30. The second kappa shape index (κ2) is 6.57. The summed E-state index contributed by atoms with van der Waals surface area (Å²) in [6.07, 6.45) is 0. The van der Waals surface area contributed by atoms with Crippen molar-refractivity contribution in [2.24, 2.45) is 0 Å². The van der Waals surface area contributed by atoms with Crippen LogP contribution in [0.15, 0.2) is 29.6 Å². The summed E-state index contributed by atoms with van der Waals surface area (Å²) in [5.41, 5.74) is 1.34. The van der Waals surface area contributed by atoms with Crippen LogP contribution in [0.2, 0.25) is 0 Å². The van der Waals surface area contributed by atoms with Gasteiger partial charge in [-0.05, 0) is 45.0 Å². The third-order valence-electron chi connectivity index (χ3n) is 2.80. The zero-order chi connectivity index (χ0) is 14.5. The summed E-state index contributed by atoms with van der Waals surface area (Å²) >= 11 is 1.58. The minimum Gasteiger partial charge on any atom is -0.490 e. The zero-order valence-electron chi connectivity index (χ0n) is 11.9. The van der Waals surface area contributed by atoms with Crippen LogP contribution in [0, 0.1) is 6.92 Å². The van der Waals surface area contributed by atoms with Gasteiger partial charge in [0.25, 0.3) is 0 Å². The number of rotatable bonds is 6. The maximum atomic E-state index is 12.4. The molecule has 0 N–H and O–H groups in total. The fourth-order valence-electron chi connectivity index (χ4n) is 1.92. The van der Waals surface area contributed by atoms with Crippen LogP contribution in [-0.2, 0) is 0 Å². The number of thiophene rings is 1. The maximum absolute atomic E-state index is 12.4. The predicted molar refractivity (Wildman–Crippen MR) is 81.3 cm³/mol. The largest absolute Gasteiger partial charge is 0.490 e. The number of carbonyl (C=O) groups excluding carboxylic acids is 1. The van der Waals surface area contributed by atoms with Crippen LogP contribution in [0.4, 0.5) is 0 Å². The summed E-state index contributed by atoms with van der Waals surface area (Å²) in [6.45, 7) is 6.92. The molecule has 0 aliphatic carbocycles. The molecule has 0 bridgehead atoms. The fourth-order valence-corrected chi connectivity index (χ4v) is 2.60. The lowest BCUT2D eigenvalue weighted by Gasteiger charge is -2.11. The van der Waals surface area contributed by atoms with E-state index in [-0.39, 0.29) is 5.78 Å². The molecule has 0 spiro atoms. The van der Waals surface area contributed by atoms with Crippen LogP contribution >= 0.6 is 11.3 Å². The minimum absolute atomic E-state index is 0.0124. The number of aryl methyl sites for hydroxylation is 1. The molecule has 1 aromatic heterocycles. The van der Waals surface area contributed by atoms with Gasteiger partial charge in [0.15, 0.2) is 17.3 Å². The summed E-state index contributed by atoms with van der Waals surface area (Å²) in [6, 6.07) is 7.23. The van der Waals surface area contributed by atoms with Gasteiger partial charge in [-0.15, -0.1) is 11.3 Å². The van der Waals surface area contributed by atoms with Crippen LogP contribution < -0.4 is 9.47 Å². The minimum atomic E-state index is 0.0124. The second-order valence-electron chi connectivity index (χ2n) is 4.30.